The first-order valence-corrected chi connectivity index (χ1v) is 9.47. The quantitative estimate of drug-likeness (QED) is 0.782. The molecule has 2 rings (SSSR count). The Morgan fingerprint density at radius 1 is 1.04 bits per heavy atom. The zero-order chi connectivity index (χ0) is 18.3. The lowest BCUT2D eigenvalue weighted by Crippen LogP contribution is -2.32. The zero-order valence-corrected chi connectivity index (χ0v) is 14.8. The van der Waals surface area contributed by atoms with Gasteiger partial charge in [-0.1, -0.05) is 42.5 Å². The molecule has 0 aliphatic heterocycles. The highest BCUT2D eigenvalue weighted by Gasteiger charge is 2.19. The number of sulfonamides is 1. The summed E-state index contributed by atoms with van der Waals surface area (Å²) in [6.07, 6.45) is -0.122. The van der Waals surface area contributed by atoms with E-state index in [1.807, 2.05) is 30.3 Å². The van der Waals surface area contributed by atoms with Crippen LogP contribution >= 0.6 is 0 Å². The third-order valence-electron chi connectivity index (χ3n) is 3.71. The van der Waals surface area contributed by atoms with Crippen molar-refractivity contribution >= 4 is 15.9 Å². The molecule has 0 unspecified atom stereocenters. The van der Waals surface area contributed by atoms with E-state index in [0.717, 1.165) is 11.1 Å². The number of halogens is 1. The lowest BCUT2D eigenvalue weighted by atomic mass is 10.2. The van der Waals surface area contributed by atoms with Crippen LogP contribution in [0.25, 0.3) is 0 Å². The Balaban J connectivity index is 1.80. The molecular formula is C18H21FN2O3S. The zero-order valence-electron chi connectivity index (χ0n) is 14.0. The molecule has 0 bridgehead atoms. The average molecular weight is 364 g/mol. The summed E-state index contributed by atoms with van der Waals surface area (Å²) in [7, 11) is -2.02. The van der Waals surface area contributed by atoms with E-state index in [1.165, 1.54) is 23.5 Å². The van der Waals surface area contributed by atoms with E-state index in [2.05, 4.69) is 5.32 Å². The van der Waals surface area contributed by atoms with E-state index in [0.29, 0.717) is 0 Å². The highest BCUT2D eigenvalue weighted by Crippen LogP contribution is 2.08. The summed E-state index contributed by atoms with van der Waals surface area (Å²) in [4.78, 5) is 11.8. The number of rotatable bonds is 8. The van der Waals surface area contributed by atoms with Crippen LogP contribution in [0.1, 0.15) is 17.5 Å². The van der Waals surface area contributed by atoms with Crippen LogP contribution in [0.2, 0.25) is 0 Å². The molecule has 0 aliphatic carbocycles. The molecule has 0 spiro atoms. The van der Waals surface area contributed by atoms with Crippen molar-refractivity contribution in [1.29, 1.82) is 0 Å². The largest absolute Gasteiger partial charge is 0.352 e. The summed E-state index contributed by atoms with van der Waals surface area (Å²) in [5.74, 6) is -0.963. The van der Waals surface area contributed by atoms with Gasteiger partial charge in [0.05, 0.1) is 5.75 Å². The van der Waals surface area contributed by atoms with Crippen LogP contribution in [0.4, 0.5) is 4.39 Å². The van der Waals surface area contributed by atoms with Crippen LogP contribution < -0.4 is 5.32 Å². The number of benzene rings is 2. The van der Waals surface area contributed by atoms with Crippen LogP contribution in [-0.2, 0) is 27.9 Å². The minimum absolute atomic E-state index is 0.122. The van der Waals surface area contributed by atoms with Gasteiger partial charge in [0.15, 0.2) is 0 Å². The molecule has 0 saturated carbocycles. The smallest absolute Gasteiger partial charge is 0.221 e. The molecule has 134 valence electrons. The number of nitrogens with zero attached hydrogens (tertiary/aromatic N) is 1. The Bertz CT molecular complexity index is 793. The van der Waals surface area contributed by atoms with E-state index >= 15 is 0 Å². The molecule has 0 heterocycles. The molecule has 1 N–H and O–H groups in total. The van der Waals surface area contributed by atoms with Crippen LogP contribution in [0, 0.1) is 5.82 Å². The molecule has 0 atom stereocenters. The van der Waals surface area contributed by atoms with Crippen molar-refractivity contribution in [2.75, 3.05) is 12.8 Å². The minimum Gasteiger partial charge on any atom is -0.352 e. The molecule has 0 saturated heterocycles. The van der Waals surface area contributed by atoms with Crippen LogP contribution in [0.15, 0.2) is 54.6 Å². The molecule has 7 heteroatoms. The fourth-order valence-electron chi connectivity index (χ4n) is 2.21. The van der Waals surface area contributed by atoms with Gasteiger partial charge in [0.25, 0.3) is 0 Å². The van der Waals surface area contributed by atoms with Gasteiger partial charge in [-0.05, 0) is 23.3 Å². The van der Waals surface area contributed by atoms with E-state index < -0.39 is 10.0 Å². The first kappa shape index (κ1) is 19.1. The normalized spacial score (nSPS) is 11.5. The molecular weight excluding hydrogens is 343 g/mol. The molecule has 0 fully saturated rings. The first-order valence-electron chi connectivity index (χ1n) is 7.86. The topological polar surface area (TPSA) is 66.5 Å². The molecule has 0 aliphatic rings. The van der Waals surface area contributed by atoms with Crippen LogP contribution in [0.3, 0.4) is 0 Å². The lowest BCUT2D eigenvalue weighted by molar-refractivity contribution is -0.120. The Hall–Kier alpha value is -2.25. The van der Waals surface area contributed by atoms with Gasteiger partial charge in [0.1, 0.15) is 5.82 Å². The Labute approximate surface area is 147 Å². The van der Waals surface area contributed by atoms with Gasteiger partial charge in [0, 0.05) is 26.6 Å². The monoisotopic (exact) mass is 364 g/mol. The van der Waals surface area contributed by atoms with Gasteiger partial charge in [-0.15, -0.1) is 0 Å². The lowest BCUT2D eigenvalue weighted by Gasteiger charge is -2.17. The molecule has 5 nitrogen and oxygen atoms in total. The van der Waals surface area contributed by atoms with Crippen molar-refractivity contribution in [3.05, 3.63) is 71.5 Å². The highest BCUT2D eigenvalue weighted by molar-refractivity contribution is 7.89. The molecule has 0 radical (unpaired) electrons. The number of amides is 1. The second kappa shape index (κ2) is 8.73. The van der Waals surface area contributed by atoms with E-state index in [9.17, 15) is 17.6 Å². The Morgan fingerprint density at radius 2 is 1.68 bits per heavy atom. The van der Waals surface area contributed by atoms with Gasteiger partial charge in [-0.3, -0.25) is 4.79 Å². The Kier molecular flexibility index (Phi) is 6.66. The second-order valence-corrected chi connectivity index (χ2v) is 7.91. The van der Waals surface area contributed by atoms with Gasteiger partial charge < -0.3 is 5.32 Å². The second-order valence-electron chi connectivity index (χ2n) is 5.71. The summed E-state index contributed by atoms with van der Waals surface area (Å²) in [5, 5.41) is 2.64. The first-order chi connectivity index (χ1) is 11.9. The number of carbonyl (C=O) groups is 1. The van der Waals surface area contributed by atoms with Gasteiger partial charge in [0.2, 0.25) is 15.9 Å². The van der Waals surface area contributed by atoms with Crippen molar-refractivity contribution < 1.29 is 17.6 Å². The van der Waals surface area contributed by atoms with Gasteiger partial charge >= 0.3 is 0 Å². The number of nitrogens with one attached hydrogen (secondary N) is 1. The summed E-state index contributed by atoms with van der Waals surface area (Å²) >= 11 is 0. The predicted octanol–water partition coefficient (Wildman–Crippen LogP) is 2.29. The van der Waals surface area contributed by atoms with E-state index in [1.54, 1.807) is 12.1 Å². The maximum Gasteiger partial charge on any atom is 0.221 e. The number of carbonyl (C=O) groups excluding carboxylic acids is 1. The fraction of sp³-hybridized carbons (Fsp3) is 0.278. The standard InChI is InChI=1S/C18H21FN2O3S/c1-21(14-16-5-3-2-4-6-16)25(23,24)12-11-18(22)20-13-15-7-9-17(19)10-8-15/h2-10H,11-14H2,1H3,(H,20,22). The number of hydrogen-bond donors (Lipinski definition) is 1. The fourth-order valence-corrected chi connectivity index (χ4v) is 3.31. The maximum atomic E-state index is 12.8. The van der Waals surface area contributed by atoms with Gasteiger partial charge in [-0.25, -0.2) is 17.1 Å². The predicted molar refractivity (Wildman–Crippen MR) is 94.6 cm³/mol. The van der Waals surface area contributed by atoms with E-state index in [4.69, 9.17) is 0 Å². The average Bonchev–Trinajstić information content (AvgIpc) is 2.60. The summed E-state index contributed by atoms with van der Waals surface area (Å²) in [6, 6.07) is 15.0. The van der Waals surface area contributed by atoms with Crippen molar-refractivity contribution in [3.8, 4) is 0 Å². The SMILES string of the molecule is CN(Cc1ccccc1)S(=O)(=O)CCC(=O)NCc1ccc(F)cc1. The van der Waals surface area contributed by atoms with Crippen molar-refractivity contribution in [3.63, 3.8) is 0 Å². The summed E-state index contributed by atoms with van der Waals surface area (Å²) < 4.78 is 38.6. The third-order valence-corrected chi connectivity index (χ3v) is 5.51. The maximum absolute atomic E-state index is 12.8. The van der Waals surface area contributed by atoms with Gasteiger partial charge in [-0.2, -0.15) is 0 Å². The third kappa shape index (κ3) is 6.28. The molecule has 0 aromatic heterocycles. The van der Waals surface area contributed by atoms with E-state index in [-0.39, 0.29) is 37.0 Å². The summed E-state index contributed by atoms with van der Waals surface area (Å²) in [5.41, 5.74) is 1.63. The highest BCUT2D eigenvalue weighted by atomic mass is 32.2. The van der Waals surface area contributed by atoms with Crippen molar-refractivity contribution in [2.45, 2.75) is 19.5 Å². The minimum atomic E-state index is -3.52. The number of hydrogen-bond acceptors (Lipinski definition) is 3. The molecule has 2 aromatic carbocycles. The van der Waals surface area contributed by atoms with Crippen LogP contribution in [0.5, 0.6) is 0 Å². The Morgan fingerprint density at radius 3 is 2.32 bits per heavy atom. The van der Waals surface area contributed by atoms with Crippen LogP contribution in [-0.4, -0.2) is 31.4 Å². The molecule has 2 aromatic rings. The van der Waals surface area contributed by atoms with Crippen molar-refractivity contribution in [2.24, 2.45) is 0 Å². The summed E-state index contributed by atoms with van der Waals surface area (Å²) in [6.45, 7) is 0.499. The van der Waals surface area contributed by atoms with Crippen molar-refractivity contribution in [1.82, 2.24) is 9.62 Å². The molecule has 25 heavy (non-hydrogen) atoms. The molecule has 1 amide bonds.